The summed E-state index contributed by atoms with van der Waals surface area (Å²) in [6.07, 6.45) is 5.46. The Morgan fingerprint density at radius 3 is 2.73 bits per heavy atom. The minimum atomic E-state index is -0.243. The molecule has 2 fully saturated rings. The molecule has 174 valence electrons. The van der Waals surface area contributed by atoms with Crippen molar-refractivity contribution in [3.05, 3.63) is 69.9 Å². The quantitative estimate of drug-likeness (QED) is 0.562. The second-order valence-electron chi connectivity index (χ2n) is 8.54. The molecule has 4 rings (SSSR count). The molecule has 2 aromatic rings. The molecule has 2 amide bonds. The van der Waals surface area contributed by atoms with Crippen molar-refractivity contribution >= 4 is 33.8 Å². The first-order valence-corrected chi connectivity index (χ1v) is 12.1. The smallest absolute Gasteiger partial charge is 0.289 e. The largest absolute Gasteiger partial charge is 0.496 e. The second-order valence-corrected chi connectivity index (χ2v) is 9.40. The Morgan fingerprint density at radius 1 is 1.24 bits per heavy atom. The van der Waals surface area contributed by atoms with Gasteiger partial charge in [-0.1, -0.05) is 42.8 Å². The van der Waals surface area contributed by atoms with Crippen molar-refractivity contribution in [1.29, 1.82) is 0 Å². The molecule has 6 nitrogen and oxygen atoms in total. The summed E-state index contributed by atoms with van der Waals surface area (Å²) >= 11 is 3.49. The summed E-state index contributed by atoms with van der Waals surface area (Å²) in [7, 11) is 1.61. The van der Waals surface area contributed by atoms with Gasteiger partial charge in [0.25, 0.3) is 5.91 Å². The minimum Gasteiger partial charge on any atom is -0.496 e. The van der Waals surface area contributed by atoms with Gasteiger partial charge < -0.3 is 19.7 Å². The van der Waals surface area contributed by atoms with Gasteiger partial charge in [0, 0.05) is 0 Å². The Morgan fingerprint density at radius 2 is 2.00 bits per heavy atom. The highest BCUT2D eigenvalue weighted by molar-refractivity contribution is 9.10. The van der Waals surface area contributed by atoms with Gasteiger partial charge in [-0.15, -0.1) is 0 Å². The van der Waals surface area contributed by atoms with Crippen LogP contribution in [0.1, 0.15) is 49.8 Å². The van der Waals surface area contributed by atoms with E-state index in [1.807, 2.05) is 55.5 Å². The molecule has 3 atom stereocenters. The van der Waals surface area contributed by atoms with Crippen molar-refractivity contribution in [3.8, 4) is 5.75 Å². The van der Waals surface area contributed by atoms with Crippen LogP contribution in [0.25, 0.3) is 6.08 Å². The number of nitrogens with one attached hydrogen (secondary N) is 1. The van der Waals surface area contributed by atoms with Crippen LogP contribution in [-0.4, -0.2) is 42.5 Å². The Hall–Kier alpha value is -2.80. The number of morpholine rings is 1. The van der Waals surface area contributed by atoms with Crippen LogP contribution in [0.15, 0.2) is 58.8 Å². The minimum absolute atomic E-state index is 0.0180. The molecule has 1 aliphatic heterocycles. The predicted octanol–water partition coefficient (Wildman–Crippen LogP) is 4.85. The van der Waals surface area contributed by atoms with Gasteiger partial charge in [-0.05, 0) is 71.5 Å². The number of halogens is 1. The molecule has 1 N–H and O–H groups in total. The van der Waals surface area contributed by atoms with E-state index < -0.39 is 0 Å². The Balaban J connectivity index is 1.53. The predicted molar refractivity (Wildman–Crippen MR) is 131 cm³/mol. The van der Waals surface area contributed by atoms with Crippen LogP contribution < -0.4 is 10.1 Å². The summed E-state index contributed by atoms with van der Waals surface area (Å²) in [4.78, 5) is 28.0. The van der Waals surface area contributed by atoms with Gasteiger partial charge >= 0.3 is 0 Å². The fourth-order valence-electron chi connectivity index (χ4n) is 4.55. The van der Waals surface area contributed by atoms with Crippen molar-refractivity contribution in [2.75, 3.05) is 13.7 Å². The Labute approximate surface area is 203 Å². The topological polar surface area (TPSA) is 67.9 Å². The third-order valence-electron chi connectivity index (χ3n) is 6.28. The van der Waals surface area contributed by atoms with Crippen LogP contribution in [0.4, 0.5) is 0 Å². The van der Waals surface area contributed by atoms with Gasteiger partial charge in [0.15, 0.2) is 5.76 Å². The zero-order chi connectivity index (χ0) is 23.4. The highest BCUT2D eigenvalue weighted by Crippen LogP contribution is 2.34. The molecule has 0 aromatic heterocycles. The lowest BCUT2D eigenvalue weighted by atomic mass is 9.89. The summed E-state index contributed by atoms with van der Waals surface area (Å²) in [5, 5.41) is 3.03. The first-order valence-electron chi connectivity index (χ1n) is 11.3. The summed E-state index contributed by atoms with van der Waals surface area (Å²) in [5.74, 6) is 0.579. The second kappa shape index (κ2) is 10.4. The van der Waals surface area contributed by atoms with E-state index >= 15 is 0 Å². The van der Waals surface area contributed by atoms with Crippen molar-refractivity contribution < 1.29 is 19.1 Å². The number of nitrogens with zero attached hydrogens (tertiary/aromatic N) is 1. The summed E-state index contributed by atoms with van der Waals surface area (Å²) in [5.41, 5.74) is 1.85. The molecule has 2 aliphatic rings. The van der Waals surface area contributed by atoms with Crippen molar-refractivity contribution in [3.63, 3.8) is 0 Å². The average molecular weight is 513 g/mol. The molecule has 0 spiro atoms. The zero-order valence-electron chi connectivity index (χ0n) is 18.9. The average Bonchev–Trinajstić information content (AvgIpc) is 2.82. The van der Waals surface area contributed by atoms with Gasteiger partial charge in [0.2, 0.25) is 5.91 Å². The molecule has 1 aliphatic carbocycles. The number of hydrogen-bond donors (Lipinski definition) is 1. The Bertz CT molecular complexity index is 1040. The zero-order valence-corrected chi connectivity index (χ0v) is 20.5. The number of hydrogen-bond acceptors (Lipinski definition) is 4. The van der Waals surface area contributed by atoms with Gasteiger partial charge in [0.1, 0.15) is 18.4 Å². The number of rotatable bonds is 6. The molecule has 3 unspecified atom stereocenters. The lowest BCUT2D eigenvalue weighted by Crippen LogP contribution is -2.57. The van der Waals surface area contributed by atoms with Gasteiger partial charge in [-0.25, -0.2) is 0 Å². The molecule has 1 heterocycles. The van der Waals surface area contributed by atoms with Crippen molar-refractivity contribution in [2.24, 2.45) is 0 Å². The summed E-state index contributed by atoms with van der Waals surface area (Å²) in [6, 6.07) is 15.2. The monoisotopic (exact) mass is 512 g/mol. The van der Waals surface area contributed by atoms with Crippen molar-refractivity contribution in [1.82, 2.24) is 10.2 Å². The van der Waals surface area contributed by atoms with E-state index in [0.29, 0.717) is 5.75 Å². The van der Waals surface area contributed by atoms with Gasteiger partial charge in [0.05, 0.1) is 23.7 Å². The number of carbonyl (C=O) groups excluding carboxylic acids is 2. The van der Waals surface area contributed by atoms with Crippen molar-refractivity contribution in [2.45, 2.75) is 50.8 Å². The normalized spacial score (nSPS) is 22.3. The number of methoxy groups -OCH3 is 1. The van der Waals surface area contributed by atoms with E-state index in [4.69, 9.17) is 9.47 Å². The SMILES string of the molecule is COc1ccc(/C=C2\OC3CCCCC3N(CC(=O)NC(C)c3ccccc3)C2=O)cc1Br. The third kappa shape index (κ3) is 5.41. The van der Waals surface area contributed by atoms with Gasteiger partial charge in [-0.2, -0.15) is 0 Å². The lowest BCUT2D eigenvalue weighted by Gasteiger charge is -2.44. The molecule has 7 heteroatoms. The van der Waals surface area contributed by atoms with Crippen LogP contribution in [0, 0.1) is 0 Å². The molecule has 0 bridgehead atoms. The van der Waals surface area contributed by atoms with Crippen LogP contribution in [0.2, 0.25) is 0 Å². The van der Waals surface area contributed by atoms with E-state index in [1.165, 1.54) is 0 Å². The fourth-order valence-corrected chi connectivity index (χ4v) is 5.11. The van der Waals surface area contributed by atoms with Crippen LogP contribution in [0.5, 0.6) is 5.75 Å². The van der Waals surface area contributed by atoms with Crippen LogP contribution in [0.3, 0.4) is 0 Å². The number of ether oxygens (including phenoxy) is 2. The molecule has 1 saturated carbocycles. The first kappa shape index (κ1) is 23.4. The summed E-state index contributed by atoms with van der Waals surface area (Å²) in [6.45, 7) is 1.97. The van der Waals surface area contributed by atoms with E-state index in [-0.39, 0.29) is 42.3 Å². The van der Waals surface area contributed by atoms with E-state index in [9.17, 15) is 9.59 Å². The van der Waals surface area contributed by atoms with Gasteiger partial charge in [-0.3, -0.25) is 9.59 Å². The molecule has 33 heavy (non-hydrogen) atoms. The number of fused-ring (bicyclic) bond motifs is 1. The molecular weight excluding hydrogens is 484 g/mol. The lowest BCUT2D eigenvalue weighted by molar-refractivity contribution is -0.152. The first-order chi connectivity index (χ1) is 16.0. The molecule has 0 radical (unpaired) electrons. The number of carbonyl (C=O) groups is 2. The molecule has 1 saturated heterocycles. The number of amides is 2. The molecule has 2 aromatic carbocycles. The van der Waals surface area contributed by atoms with E-state index in [2.05, 4.69) is 21.2 Å². The maximum Gasteiger partial charge on any atom is 0.289 e. The maximum absolute atomic E-state index is 13.4. The van der Waals surface area contributed by atoms with Crippen LogP contribution >= 0.6 is 15.9 Å². The molecular formula is C26H29BrN2O4. The highest BCUT2D eigenvalue weighted by atomic mass is 79.9. The van der Waals surface area contributed by atoms with E-state index in [1.54, 1.807) is 18.1 Å². The number of benzene rings is 2. The fraction of sp³-hybridized carbons (Fsp3) is 0.385. The standard InChI is InChI=1S/C26H29BrN2O4/c1-17(19-8-4-3-5-9-19)28-25(30)16-29-21-10-6-7-11-23(21)33-24(26(29)31)15-18-12-13-22(32-2)20(27)14-18/h3-5,8-9,12-15,17,21,23H,6-7,10-11,16H2,1-2H3,(H,28,30)/b24-15-. The van der Waals surface area contributed by atoms with Crippen LogP contribution in [-0.2, 0) is 14.3 Å². The Kier molecular flexibility index (Phi) is 7.38. The maximum atomic E-state index is 13.4. The summed E-state index contributed by atoms with van der Waals surface area (Å²) < 4.78 is 12.2. The van der Waals surface area contributed by atoms with E-state index in [0.717, 1.165) is 41.3 Å². The third-order valence-corrected chi connectivity index (χ3v) is 6.90. The highest BCUT2D eigenvalue weighted by Gasteiger charge is 2.42.